The molecule has 2 atom stereocenters. The molecule has 0 unspecified atom stereocenters. The number of carbonyl (C=O) groups excluding carboxylic acids is 3. The molecule has 0 aromatic carbocycles. The Bertz CT molecular complexity index is 366. The van der Waals surface area contributed by atoms with E-state index < -0.39 is 0 Å². The lowest BCUT2D eigenvalue weighted by molar-refractivity contribution is -0.146. The van der Waals surface area contributed by atoms with E-state index in [-0.39, 0.29) is 36.1 Å². The van der Waals surface area contributed by atoms with E-state index in [2.05, 4.69) is 0 Å². The Morgan fingerprint density at radius 2 is 1.58 bits per heavy atom. The van der Waals surface area contributed by atoms with Crippen molar-refractivity contribution >= 4 is 17.7 Å². The Kier molecular flexibility index (Phi) is 4.22. The number of hydrogen-bond acceptors (Lipinski definition) is 3. The normalized spacial score (nSPS) is 26.5. The van der Waals surface area contributed by atoms with E-state index in [0.717, 1.165) is 25.7 Å². The molecule has 2 rings (SSSR count). The summed E-state index contributed by atoms with van der Waals surface area (Å²) in [5.41, 5.74) is 0. The molecule has 3 amide bonds. The summed E-state index contributed by atoms with van der Waals surface area (Å²) in [4.78, 5) is 39.3. The van der Waals surface area contributed by atoms with E-state index in [1.54, 1.807) is 4.90 Å². The highest BCUT2D eigenvalue weighted by Crippen LogP contribution is 2.37. The van der Waals surface area contributed by atoms with Gasteiger partial charge in [-0.2, -0.15) is 0 Å². The minimum absolute atomic E-state index is 0.0770. The first-order valence-corrected chi connectivity index (χ1v) is 7.23. The summed E-state index contributed by atoms with van der Waals surface area (Å²) in [6.45, 7) is 4.94. The summed E-state index contributed by atoms with van der Waals surface area (Å²) in [6, 6.07) is 0. The maximum Gasteiger partial charge on any atom is 0.242 e. The minimum Gasteiger partial charge on any atom is -0.342 e. The highest BCUT2D eigenvalue weighted by molar-refractivity contribution is 6.07. The fourth-order valence-electron chi connectivity index (χ4n) is 3.20. The van der Waals surface area contributed by atoms with Gasteiger partial charge in [0.2, 0.25) is 17.7 Å². The molecule has 106 valence electrons. The van der Waals surface area contributed by atoms with Crippen LogP contribution >= 0.6 is 0 Å². The van der Waals surface area contributed by atoms with Gasteiger partial charge in [0, 0.05) is 13.1 Å². The van der Waals surface area contributed by atoms with Gasteiger partial charge in [-0.3, -0.25) is 19.3 Å². The van der Waals surface area contributed by atoms with Crippen molar-refractivity contribution in [2.45, 2.75) is 39.5 Å². The number of imide groups is 1. The van der Waals surface area contributed by atoms with Crippen molar-refractivity contribution in [2.24, 2.45) is 11.8 Å². The Labute approximate surface area is 113 Å². The standard InChI is InChI=1S/C14H22N2O3/c1-3-15(4-2)12(17)9-16-13(18)10-7-5-6-8-11(10)14(16)19/h10-11H,3-9H2,1-2H3/t10-,11-/m0/s1. The Morgan fingerprint density at radius 3 is 2.00 bits per heavy atom. The summed E-state index contributed by atoms with van der Waals surface area (Å²) in [7, 11) is 0. The zero-order valence-electron chi connectivity index (χ0n) is 11.7. The maximum absolute atomic E-state index is 12.2. The lowest BCUT2D eigenvalue weighted by atomic mass is 9.81. The minimum atomic E-state index is -0.161. The molecule has 1 saturated carbocycles. The summed E-state index contributed by atoms with van der Waals surface area (Å²) in [6.07, 6.45) is 3.62. The molecule has 1 saturated heterocycles. The molecule has 1 aliphatic carbocycles. The Balaban J connectivity index is 2.06. The SMILES string of the molecule is CCN(CC)C(=O)CN1C(=O)[C@H]2CCCC[C@@H]2C1=O. The smallest absolute Gasteiger partial charge is 0.242 e. The van der Waals surface area contributed by atoms with Crippen molar-refractivity contribution in [3.05, 3.63) is 0 Å². The molecule has 5 nitrogen and oxygen atoms in total. The van der Waals surface area contributed by atoms with Gasteiger partial charge in [0.05, 0.1) is 11.8 Å². The molecule has 0 N–H and O–H groups in total. The van der Waals surface area contributed by atoms with Crippen molar-refractivity contribution in [3.63, 3.8) is 0 Å². The van der Waals surface area contributed by atoms with Crippen LogP contribution in [0.1, 0.15) is 39.5 Å². The third-order valence-electron chi connectivity index (χ3n) is 4.34. The largest absolute Gasteiger partial charge is 0.342 e. The quantitative estimate of drug-likeness (QED) is 0.714. The highest BCUT2D eigenvalue weighted by atomic mass is 16.2. The third kappa shape index (κ3) is 2.51. The molecule has 1 heterocycles. The number of carbonyl (C=O) groups is 3. The molecule has 19 heavy (non-hydrogen) atoms. The second-order valence-corrected chi connectivity index (χ2v) is 5.33. The van der Waals surface area contributed by atoms with Gasteiger partial charge in [-0.15, -0.1) is 0 Å². The van der Waals surface area contributed by atoms with Gasteiger partial charge in [-0.05, 0) is 26.7 Å². The molecule has 0 radical (unpaired) electrons. The summed E-state index contributed by atoms with van der Waals surface area (Å²) >= 11 is 0. The molecule has 2 aliphatic rings. The van der Waals surface area contributed by atoms with Crippen LogP contribution in [0.5, 0.6) is 0 Å². The lowest BCUT2D eigenvalue weighted by Crippen LogP contribution is -2.43. The second kappa shape index (κ2) is 5.72. The summed E-state index contributed by atoms with van der Waals surface area (Å²) < 4.78 is 0. The predicted octanol–water partition coefficient (Wildman–Crippen LogP) is 1.03. The first-order chi connectivity index (χ1) is 9.10. The van der Waals surface area contributed by atoms with Crippen molar-refractivity contribution in [2.75, 3.05) is 19.6 Å². The average molecular weight is 266 g/mol. The van der Waals surface area contributed by atoms with Crippen molar-refractivity contribution in [1.82, 2.24) is 9.80 Å². The number of rotatable bonds is 4. The monoisotopic (exact) mass is 266 g/mol. The maximum atomic E-state index is 12.2. The molecular formula is C14H22N2O3. The fourth-order valence-corrected chi connectivity index (χ4v) is 3.20. The van der Waals surface area contributed by atoms with Crippen molar-refractivity contribution < 1.29 is 14.4 Å². The molecule has 5 heteroatoms. The Hall–Kier alpha value is -1.39. The summed E-state index contributed by atoms with van der Waals surface area (Å²) in [5, 5.41) is 0. The predicted molar refractivity (Wildman–Crippen MR) is 70.1 cm³/mol. The highest BCUT2D eigenvalue weighted by Gasteiger charge is 2.48. The molecule has 1 aliphatic heterocycles. The van der Waals surface area contributed by atoms with E-state index in [1.807, 2.05) is 13.8 Å². The van der Waals surface area contributed by atoms with Gasteiger partial charge in [-0.25, -0.2) is 0 Å². The van der Waals surface area contributed by atoms with Crippen LogP contribution in [0.25, 0.3) is 0 Å². The fraction of sp³-hybridized carbons (Fsp3) is 0.786. The molecule has 2 fully saturated rings. The summed E-state index contributed by atoms with van der Waals surface area (Å²) in [5.74, 6) is -0.715. The van der Waals surface area contributed by atoms with Gasteiger partial charge in [0.1, 0.15) is 6.54 Å². The second-order valence-electron chi connectivity index (χ2n) is 5.33. The van der Waals surface area contributed by atoms with Crippen molar-refractivity contribution in [1.29, 1.82) is 0 Å². The van der Waals surface area contributed by atoms with Crippen molar-refractivity contribution in [3.8, 4) is 0 Å². The molecule has 0 bridgehead atoms. The van der Waals surface area contributed by atoms with E-state index in [0.29, 0.717) is 13.1 Å². The van der Waals surface area contributed by atoms with Gasteiger partial charge in [0.15, 0.2) is 0 Å². The molecule has 0 aromatic heterocycles. The van der Waals surface area contributed by atoms with Crippen LogP contribution < -0.4 is 0 Å². The van der Waals surface area contributed by atoms with Crippen LogP contribution in [0.3, 0.4) is 0 Å². The van der Waals surface area contributed by atoms with Crippen LogP contribution in [0.15, 0.2) is 0 Å². The van der Waals surface area contributed by atoms with E-state index in [4.69, 9.17) is 0 Å². The first kappa shape index (κ1) is 14.0. The van der Waals surface area contributed by atoms with E-state index in [9.17, 15) is 14.4 Å². The molecule has 0 aromatic rings. The zero-order valence-corrected chi connectivity index (χ0v) is 11.7. The lowest BCUT2D eigenvalue weighted by Gasteiger charge is -2.22. The number of likely N-dealkylation sites (tertiary alicyclic amines) is 1. The van der Waals surface area contributed by atoms with Crippen LogP contribution in [-0.4, -0.2) is 47.2 Å². The van der Waals surface area contributed by atoms with Crippen LogP contribution in [0.4, 0.5) is 0 Å². The number of likely N-dealkylation sites (N-methyl/N-ethyl adjacent to an activating group) is 1. The average Bonchev–Trinajstić information content (AvgIpc) is 2.66. The van der Waals surface area contributed by atoms with E-state index in [1.165, 1.54) is 4.90 Å². The topological polar surface area (TPSA) is 57.7 Å². The molecule has 0 spiro atoms. The van der Waals surface area contributed by atoms with Crippen LogP contribution in [0.2, 0.25) is 0 Å². The van der Waals surface area contributed by atoms with Gasteiger partial charge in [0.25, 0.3) is 0 Å². The van der Waals surface area contributed by atoms with Crippen LogP contribution in [-0.2, 0) is 14.4 Å². The zero-order chi connectivity index (χ0) is 14.0. The van der Waals surface area contributed by atoms with Gasteiger partial charge in [-0.1, -0.05) is 12.8 Å². The number of nitrogens with zero attached hydrogens (tertiary/aromatic N) is 2. The van der Waals surface area contributed by atoms with Gasteiger partial charge >= 0.3 is 0 Å². The number of fused-ring (bicyclic) bond motifs is 1. The Morgan fingerprint density at radius 1 is 1.11 bits per heavy atom. The third-order valence-corrected chi connectivity index (χ3v) is 4.34. The van der Waals surface area contributed by atoms with Crippen LogP contribution in [0, 0.1) is 11.8 Å². The first-order valence-electron chi connectivity index (χ1n) is 7.23. The number of amides is 3. The molecular weight excluding hydrogens is 244 g/mol. The van der Waals surface area contributed by atoms with Gasteiger partial charge < -0.3 is 4.90 Å². The van der Waals surface area contributed by atoms with E-state index >= 15 is 0 Å². The number of hydrogen-bond donors (Lipinski definition) is 0.